The minimum absolute atomic E-state index is 0.0935. The fourth-order valence-corrected chi connectivity index (χ4v) is 1.44. The average molecular weight is 199 g/mol. The van der Waals surface area contributed by atoms with Gasteiger partial charge in [0, 0.05) is 13.0 Å². The Balaban J connectivity index is 3.85. The highest BCUT2D eigenvalue weighted by Crippen LogP contribution is 2.14. The first kappa shape index (κ1) is 13.2. The van der Waals surface area contributed by atoms with Crippen LogP contribution >= 0.6 is 0 Å². The van der Waals surface area contributed by atoms with Gasteiger partial charge in [0.1, 0.15) is 0 Å². The van der Waals surface area contributed by atoms with Gasteiger partial charge in [0.05, 0.1) is 5.60 Å². The van der Waals surface area contributed by atoms with Gasteiger partial charge >= 0.3 is 0 Å². The van der Waals surface area contributed by atoms with E-state index in [0.717, 1.165) is 0 Å². The molecule has 0 fully saturated rings. The number of aliphatic hydroxyl groups is 1. The fraction of sp³-hybridized carbons (Fsp3) is 0.727. The summed E-state index contributed by atoms with van der Waals surface area (Å²) in [6, 6.07) is 0. The molecule has 1 unspecified atom stereocenters. The van der Waals surface area contributed by atoms with Crippen molar-refractivity contribution in [2.24, 2.45) is 5.92 Å². The van der Waals surface area contributed by atoms with Gasteiger partial charge in [-0.2, -0.15) is 0 Å². The summed E-state index contributed by atoms with van der Waals surface area (Å²) in [7, 11) is 0. The molecule has 0 rings (SSSR count). The molecule has 0 heterocycles. The number of carbonyl (C=O) groups excluding carboxylic acids is 1. The summed E-state index contributed by atoms with van der Waals surface area (Å²) in [6.45, 7) is 9.59. The maximum Gasteiger partial charge on any atom is 0.223 e. The van der Waals surface area contributed by atoms with Crippen molar-refractivity contribution in [1.82, 2.24) is 5.32 Å². The lowest BCUT2D eigenvalue weighted by molar-refractivity contribution is -0.121. The summed E-state index contributed by atoms with van der Waals surface area (Å²) in [4.78, 5) is 11.1. The maximum atomic E-state index is 11.1. The zero-order valence-corrected chi connectivity index (χ0v) is 9.34. The van der Waals surface area contributed by atoms with Gasteiger partial charge in [-0.25, -0.2) is 0 Å². The molecular formula is C11H21NO2. The van der Waals surface area contributed by atoms with Crippen LogP contribution in [0.4, 0.5) is 0 Å². The third-order valence-corrected chi connectivity index (χ3v) is 1.84. The van der Waals surface area contributed by atoms with Gasteiger partial charge in [-0.3, -0.25) is 4.79 Å². The van der Waals surface area contributed by atoms with Gasteiger partial charge in [0.25, 0.3) is 0 Å². The highest BCUT2D eigenvalue weighted by molar-refractivity contribution is 5.77. The van der Waals surface area contributed by atoms with E-state index in [1.807, 2.05) is 13.8 Å². The van der Waals surface area contributed by atoms with Crippen molar-refractivity contribution in [2.45, 2.75) is 39.2 Å². The third kappa shape index (κ3) is 6.66. The second-order valence-electron chi connectivity index (χ2n) is 4.36. The molecule has 0 aliphatic rings. The van der Waals surface area contributed by atoms with Gasteiger partial charge in [0.15, 0.2) is 0 Å². The first-order valence-electron chi connectivity index (χ1n) is 4.97. The highest BCUT2D eigenvalue weighted by atomic mass is 16.3. The first-order valence-corrected chi connectivity index (χ1v) is 4.97. The number of rotatable bonds is 6. The second-order valence-corrected chi connectivity index (χ2v) is 4.36. The predicted octanol–water partition coefficient (Wildman–Crippen LogP) is 1.48. The van der Waals surface area contributed by atoms with E-state index in [4.69, 9.17) is 0 Å². The van der Waals surface area contributed by atoms with Crippen LogP contribution in [0.3, 0.4) is 0 Å². The Morgan fingerprint density at radius 1 is 1.64 bits per heavy atom. The van der Waals surface area contributed by atoms with Crippen LogP contribution in [0, 0.1) is 5.92 Å². The van der Waals surface area contributed by atoms with Gasteiger partial charge < -0.3 is 10.4 Å². The van der Waals surface area contributed by atoms with E-state index in [-0.39, 0.29) is 5.91 Å². The molecule has 0 aromatic carbocycles. The number of nitrogens with one attached hydrogen (secondary N) is 1. The van der Waals surface area contributed by atoms with Crippen LogP contribution in [0.5, 0.6) is 0 Å². The standard InChI is InChI=1S/C11H21NO2/c1-5-6-10(13)12-8-11(4,14)7-9(2)3/h5,9,14H,1,6-8H2,2-4H3,(H,12,13). The normalized spacial score (nSPS) is 14.9. The molecule has 0 saturated heterocycles. The van der Waals surface area contributed by atoms with Gasteiger partial charge in [-0.05, 0) is 19.3 Å². The van der Waals surface area contributed by atoms with E-state index >= 15 is 0 Å². The molecule has 82 valence electrons. The minimum atomic E-state index is -0.814. The van der Waals surface area contributed by atoms with E-state index in [1.165, 1.54) is 0 Å². The summed E-state index contributed by atoms with van der Waals surface area (Å²) < 4.78 is 0. The van der Waals surface area contributed by atoms with E-state index in [9.17, 15) is 9.90 Å². The molecule has 0 radical (unpaired) electrons. The summed E-state index contributed by atoms with van der Waals surface area (Å²) in [5.41, 5.74) is -0.814. The van der Waals surface area contributed by atoms with Crippen LogP contribution in [-0.4, -0.2) is 23.2 Å². The first-order chi connectivity index (χ1) is 6.37. The lowest BCUT2D eigenvalue weighted by atomic mass is 9.94. The van der Waals surface area contributed by atoms with Crippen molar-refractivity contribution in [2.75, 3.05) is 6.54 Å². The Bertz CT molecular complexity index is 197. The van der Waals surface area contributed by atoms with Crippen molar-refractivity contribution in [3.05, 3.63) is 12.7 Å². The molecule has 0 aromatic heterocycles. The van der Waals surface area contributed by atoms with Crippen molar-refractivity contribution < 1.29 is 9.90 Å². The molecule has 3 nitrogen and oxygen atoms in total. The van der Waals surface area contributed by atoms with Crippen LogP contribution in [0.25, 0.3) is 0 Å². The third-order valence-electron chi connectivity index (χ3n) is 1.84. The molecule has 0 aliphatic carbocycles. The Hall–Kier alpha value is -0.830. The number of hydrogen-bond donors (Lipinski definition) is 2. The fourth-order valence-electron chi connectivity index (χ4n) is 1.44. The smallest absolute Gasteiger partial charge is 0.223 e. The Labute approximate surface area is 86.2 Å². The molecule has 0 aromatic rings. The van der Waals surface area contributed by atoms with Crippen molar-refractivity contribution in [1.29, 1.82) is 0 Å². The number of carbonyl (C=O) groups is 1. The molecule has 1 atom stereocenters. The van der Waals surface area contributed by atoms with Crippen molar-refractivity contribution in [3.8, 4) is 0 Å². The summed E-state index contributed by atoms with van der Waals surface area (Å²) >= 11 is 0. The molecule has 1 amide bonds. The van der Waals surface area contributed by atoms with Gasteiger partial charge in [-0.15, -0.1) is 6.58 Å². The van der Waals surface area contributed by atoms with E-state index in [2.05, 4.69) is 11.9 Å². The second kappa shape index (κ2) is 5.81. The van der Waals surface area contributed by atoms with E-state index < -0.39 is 5.60 Å². The van der Waals surface area contributed by atoms with E-state index in [0.29, 0.717) is 25.3 Å². The van der Waals surface area contributed by atoms with Crippen LogP contribution in [0.1, 0.15) is 33.6 Å². The molecular weight excluding hydrogens is 178 g/mol. The minimum Gasteiger partial charge on any atom is -0.388 e. The van der Waals surface area contributed by atoms with Crippen LogP contribution < -0.4 is 5.32 Å². The summed E-state index contributed by atoms with van der Waals surface area (Å²) in [5.74, 6) is 0.324. The Kier molecular flexibility index (Phi) is 5.46. The molecule has 0 aliphatic heterocycles. The lowest BCUT2D eigenvalue weighted by Crippen LogP contribution is -2.41. The molecule has 0 spiro atoms. The van der Waals surface area contributed by atoms with Gasteiger partial charge in [-0.1, -0.05) is 19.9 Å². The zero-order chi connectivity index (χ0) is 11.2. The number of hydrogen-bond acceptors (Lipinski definition) is 2. The quantitative estimate of drug-likeness (QED) is 0.636. The van der Waals surface area contributed by atoms with Crippen LogP contribution in [-0.2, 0) is 4.79 Å². The SMILES string of the molecule is C=CCC(=O)NCC(C)(O)CC(C)C. The van der Waals surface area contributed by atoms with Crippen LogP contribution in [0.2, 0.25) is 0 Å². The monoisotopic (exact) mass is 199 g/mol. The average Bonchev–Trinajstić information content (AvgIpc) is 1.99. The molecule has 14 heavy (non-hydrogen) atoms. The van der Waals surface area contributed by atoms with Gasteiger partial charge in [0.2, 0.25) is 5.91 Å². The van der Waals surface area contributed by atoms with Crippen molar-refractivity contribution >= 4 is 5.91 Å². The molecule has 0 saturated carbocycles. The maximum absolute atomic E-state index is 11.1. The zero-order valence-electron chi connectivity index (χ0n) is 9.34. The highest BCUT2D eigenvalue weighted by Gasteiger charge is 2.21. The number of amides is 1. The molecule has 3 heteroatoms. The lowest BCUT2D eigenvalue weighted by Gasteiger charge is -2.25. The molecule has 2 N–H and O–H groups in total. The largest absolute Gasteiger partial charge is 0.388 e. The van der Waals surface area contributed by atoms with E-state index in [1.54, 1.807) is 13.0 Å². The Morgan fingerprint density at radius 3 is 2.64 bits per heavy atom. The van der Waals surface area contributed by atoms with Crippen LogP contribution in [0.15, 0.2) is 12.7 Å². The Morgan fingerprint density at radius 2 is 2.21 bits per heavy atom. The topological polar surface area (TPSA) is 49.3 Å². The molecule has 0 bridgehead atoms. The van der Waals surface area contributed by atoms with Crippen molar-refractivity contribution in [3.63, 3.8) is 0 Å². The predicted molar refractivity (Wildman–Crippen MR) is 57.9 cm³/mol. The summed E-state index contributed by atoms with van der Waals surface area (Å²) in [6.07, 6.45) is 2.53. The summed E-state index contributed by atoms with van der Waals surface area (Å²) in [5, 5.41) is 12.5.